The fourth-order valence-corrected chi connectivity index (χ4v) is 2.08. The van der Waals surface area contributed by atoms with E-state index in [-0.39, 0.29) is 18.7 Å². The van der Waals surface area contributed by atoms with Crippen LogP contribution in [0.5, 0.6) is 5.75 Å². The number of ether oxygens (including phenoxy) is 4. The molecule has 0 fully saturated rings. The molecular weight excluding hydrogens is 366 g/mol. The number of nitrogens with two attached hydrogens (primary N) is 1. The molecule has 8 heteroatoms. The Morgan fingerprint density at radius 3 is 1.89 bits per heavy atom. The van der Waals surface area contributed by atoms with Crippen LogP contribution in [0.1, 0.15) is 47.1 Å². The second-order valence-corrected chi connectivity index (χ2v) is 8.17. The summed E-state index contributed by atoms with van der Waals surface area (Å²) in [6.07, 6.45) is -0.0701. The molecule has 1 aromatic carbocycles. The fraction of sp³-hybridized carbons (Fsp3) is 0.550. The van der Waals surface area contributed by atoms with Crippen molar-refractivity contribution in [1.82, 2.24) is 0 Å². The van der Waals surface area contributed by atoms with E-state index in [2.05, 4.69) is 0 Å². The van der Waals surface area contributed by atoms with E-state index in [9.17, 15) is 14.4 Å². The van der Waals surface area contributed by atoms with E-state index in [1.165, 1.54) is 0 Å². The first-order chi connectivity index (χ1) is 12.7. The number of carbonyl (C=O) groups is 3. The van der Waals surface area contributed by atoms with Crippen molar-refractivity contribution in [1.29, 1.82) is 0 Å². The maximum absolute atomic E-state index is 11.9. The molecular formula is C20H29NO7. The van der Waals surface area contributed by atoms with Crippen LogP contribution < -0.4 is 10.5 Å². The lowest BCUT2D eigenvalue weighted by molar-refractivity contribution is -0.166. The van der Waals surface area contributed by atoms with Gasteiger partial charge in [0, 0.05) is 0 Å². The first-order valence-electron chi connectivity index (χ1n) is 8.86. The average molecular weight is 395 g/mol. The van der Waals surface area contributed by atoms with Gasteiger partial charge in [-0.15, -0.1) is 0 Å². The Labute approximate surface area is 165 Å². The van der Waals surface area contributed by atoms with Crippen molar-refractivity contribution in [2.24, 2.45) is 0 Å². The highest BCUT2D eigenvalue weighted by molar-refractivity contribution is 5.78. The number of hydrogen-bond acceptors (Lipinski definition) is 8. The van der Waals surface area contributed by atoms with Gasteiger partial charge < -0.3 is 24.7 Å². The highest BCUT2D eigenvalue weighted by Crippen LogP contribution is 2.23. The van der Waals surface area contributed by atoms with Crippen LogP contribution in [0.2, 0.25) is 0 Å². The Hall–Kier alpha value is -2.77. The summed E-state index contributed by atoms with van der Waals surface area (Å²) in [7, 11) is 0. The third-order valence-corrected chi connectivity index (χ3v) is 2.96. The van der Waals surface area contributed by atoms with Crippen molar-refractivity contribution in [2.45, 2.75) is 59.2 Å². The second-order valence-electron chi connectivity index (χ2n) is 8.17. The van der Waals surface area contributed by atoms with Crippen molar-refractivity contribution >= 4 is 23.6 Å². The van der Waals surface area contributed by atoms with E-state index in [0.717, 1.165) is 0 Å². The van der Waals surface area contributed by atoms with E-state index in [1.54, 1.807) is 59.7 Å². The molecule has 0 spiro atoms. The quantitative estimate of drug-likeness (QED) is 0.425. The largest absolute Gasteiger partial charge is 0.480 e. The highest BCUT2D eigenvalue weighted by atomic mass is 16.6. The highest BCUT2D eigenvalue weighted by Gasteiger charge is 2.19. The van der Waals surface area contributed by atoms with Crippen molar-refractivity contribution in [3.05, 3.63) is 23.8 Å². The summed E-state index contributed by atoms with van der Waals surface area (Å²) in [6.45, 7) is 9.72. The molecule has 0 radical (unpaired) electrons. The monoisotopic (exact) mass is 395 g/mol. The van der Waals surface area contributed by atoms with Crippen LogP contribution in [0.25, 0.3) is 0 Å². The zero-order chi connectivity index (χ0) is 21.5. The first-order valence-corrected chi connectivity index (χ1v) is 8.86. The standard InChI is InChI=1S/C20H29NO7/c1-19(2,3)27-17(23)11-25-15-8-7-13(9-14(15)21)10-16(22)26-12-18(24)28-20(4,5)6/h7-9H,10-12,21H2,1-6H3. The lowest BCUT2D eigenvalue weighted by Gasteiger charge is -2.19. The minimum absolute atomic E-state index is 0.0701. The second kappa shape index (κ2) is 9.43. The zero-order valence-corrected chi connectivity index (χ0v) is 17.3. The van der Waals surface area contributed by atoms with Crippen molar-refractivity contribution < 1.29 is 33.3 Å². The molecule has 28 heavy (non-hydrogen) atoms. The molecule has 0 aliphatic carbocycles. The van der Waals surface area contributed by atoms with Gasteiger partial charge in [0.05, 0.1) is 12.1 Å². The summed E-state index contributed by atoms with van der Waals surface area (Å²) in [5.74, 6) is -1.42. The molecule has 0 bridgehead atoms. The van der Waals surface area contributed by atoms with Gasteiger partial charge in [0.2, 0.25) is 0 Å². The number of carbonyl (C=O) groups excluding carboxylic acids is 3. The molecule has 0 aliphatic heterocycles. The molecule has 0 saturated carbocycles. The van der Waals surface area contributed by atoms with Crippen LogP contribution in [-0.4, -0.2) is 42.3 Å². The van der Waals surface area contributed by atoms with E-state index >= 15 is 0 Å². The molecule has 1 aromatic rings. The summed E-state index contributed by atoms with van der Waals surface area (Å²) in [5.41, 5.74) is 5.50. The predicted molar refractivity (Wildman–Crippen MR) is 103 cm³/mol. The van der Waals surface area contributed by atoms with Gasteiger partial charge in [-0.05, 0) is 59.2 Å². The topological polar surface area (TPSA) is 114 Å². The molecule has 0 aliphatic rings. The average Bonchev–Trinajstić information content (AvgIpc) is 2.49. The maximum Gasteiger partial charge on any atom is 0.344 e. The van der Waals surface area contributed by atoms with Gasteiger partial charge in [0.1, 0.15) is 17.0 Å². The Balaban J connectivity index is 2.52. The van der Waals surface area contributed by atoms with Gasteiger partial charge in [0.15, 0.2) is 13.2 Å². The molecule has 0 heterocycles. The number of esters is 3. The van der Waals surface area contributed by atoms with Crippen LogP contribution in [0.3, 0.4) is 0 Å². The van der Waals surface area contributed by atoms with Crippen molar-refractivity contribution in [3.63, 3.8) is 0 Å². The lowest BCUT2D eigenvalue weighted by atomic mass is 10.1. The van der Waals surface area contributed by atoms with Crippen molar-refractivity contribution in [2.75, 3.05) is 18.9 Å². The van der Waals surface area contributed by atoms with E-state index in [1.807, 2.05) is 0 Å². The zero-order valence-electron chi connectivity index (χ0n) is 17.3. The summed E-state index contributed by atoms with van der Waals surface area (Å²) >= 11 is 0. The molecule has 156 valence electrons. The minimum Gasteiger partial charge on any atom is -0.480 e. The maximum atomic E-state index is 11.9. The Bertz CT molecular complexity index is 714. The van der Waals surface area contributed by atoms with Crippen LogP contribution >= 0.6 is 0 Å². The SMILES string of the molecule is CC(C)(C)OC(=O)COC(=O)Cc1ccc(OCC(=O)OC(C)(C)C)c(N)c1. The third kappa shape index (κ3) is 9.80. The molecule has 0 aromatic heterocycles. The number of anilines is 1. The molecule has 1 rings (SSSR count). The summed E-state index contributed by atoms with van der Waals surface area (Å²) in [4.78, 5) is 35.1. The number of rotatable bonds is 7. The van der Waals surface area contributed by atoms with Gasteiger partial charge in [-0.2, -0.15) is 0 Å². The normalized spacial score (nSPS) is 11.5. The predicted octanol–water partition coefficient (Wildman–Crippen LogP) is 2.42. The summed E-state index contributed by atoms with van der Waals surface area (Å²) in [6, 6.07) is 4.71. The Morgan fingerprint density at radius 1 is 0.857 bits per heavy atom. The third-order valence-electron chi connectivity index (χ3n) is 2.96. The number of hydrogen-bond donors (Lipinski definition) is 1. The van der Waals surface area contributed by atoms with E-state index in [4.69, 9.17) is 24.7 Å². The molecule has 0 unspecified atom stereocenters. The molecule has 0 atom stereocenters. The smallest absolute Gasteiger partial charge is 0.344 e. The van der Waals surface area contributed by atoms with Crippen LogP contribution in [0.15, 0.2) is 18.2 Å². The van der Waals surface area contributed by atoms with Gasteiger partial charge in [-0.25, -0.2) is 9.59 Å². The van der Waals surface area contributed by atoms with Gasteiger partial charge in [-0.3, -0.25) is 4.79 Å². The fourth-order valence-electron chi connectivity index (χ4n) is 2.08. The Morgan fingerprint density at radius 2 is 1.39 bits per heavy atom. The molecule has 0 amide bonds. The number of benzene rings is 1. The number of nitrogen functional groups attached to an aromatic ring is 1. The molecule has 2 N–H and O–H groups in total. The molecule has 8 nitrogen and oxygen atoms in total. The Kier molecular flexibility index (Phi) is 7.84. The lowest BCUT2D eigenvalue weighted by Crippen LogP contribution is -2.27. The van der Waals surface area contributed by atoms with Crippen molar-refractivity contribution in [3.8, 4) is 5.75 Å². The van der Waals surface area contributed by atoms with Crippen LogP contribution in [0.4, 0.5) is 5.69 Å². The minimum atomic E-state index is -0.646. The van der Waals surface area contributed by atoms with E-state index in [0.29, 0.717) is 11.3 Å². The first kappa shape index (κ1) is 23.3. The summed E-state index contributed by atoms with van der Waals surface area (Å²) < 4.78 is 20.5. The van der Waals surface area contributed by atoms with Gasteiger partial charge in [0.25, 0.3) is 0 Å². The van der Waals surface area contributed by atoms with Gasteiger partial charge >= 0.3 is 17.9 Å². The van der Waals surface area contributed by atoms with Crippen LogP contribution in [-0.2, 0) is 35.0 Å². The van der Waals surface area contributed by atoms with Gasteiger partial charge in [-0.1, -0.05) is 6.07 Å². The van der Waals surface area contributed by atoms with Crippen LogP contribution in [0, 0.1) is 0 Å². The molecule has 0 saturated heterocycles. The summed E-state index contributed by atoms with van der Waals surface area (Å²) in [5, 5.41) is 0. The van der Waals surface area contributed by atoms with E-state index < -0.39 is 35.7 Å².